The predicted octanol–water partition coefficient (Wildman–Crippen LogP) is 4.72. The van der Waals surface area contributed by atoms with Crippen molar-refractivity contribution in [3.63, 3.8) is 0 Å². The van der Waals surface area contributed by atoms with Gasteiger partial charge in [-0.3, -0.25) is 0 Å². The van der Waals surface area contributed by atoms with E-state index in [4.69, 9.17) is 4.74 Å². The molecule has 1 fully saturated rings. The van der Waals surface area contributed by atoms with E-state index in [1.54, 1.807) is 13.0 Å². The van der Waals surface area contributed by atoms with Crippen LogP contribution in [0, 0.1) is 5.13 Å². The number of halogens is 1. The molecule has 0 atom stereocenters. The highest BCUT2D eigenvalue weighted by atomic mass is 32.1. The smallest absolute Gasteiger partial charge is 0.354 e. The van der Waals surface area contributed by atoms with Crippen molar-refractivity contribution in [1.82, 2.24) is 4.98 Å². The Hall–Kier alpha value is -1.62. The number of carbonyl (C=O) groups is 1. The van der Waals surface area contributed by atoms with Crippen LogP contribution in [0.25, 0.3) is 10.6 Å². The first-order chi connectivity index (χ1) is 10.2. The first-order valence-electron chi connectivity index (χ1n) is 7.34. The van der Waals surface area contributed by atoms with E-state index in [1.165, 1.54) is 18.9 Å². The van der Waals surface area contributed by atoms with Crippen molar-refractivity contribution in [2.75, 3.05) is 6.61 Å². The van der Waals surface area contributed by atoms with Crippen molar-refractivity contribution in [2.45, 2.75) is 38.5 Å². The number of esters is 1. The number of carbonyl (C=O) groups excluding carboxylic acids is 1. The number of thiophene rings is 1. The lowest BCUT2D eigenvalue weighted by molar-refractivity contribution is 0.0520. The fraction of sp³-hybridized carbons (Fsp3) is 0.438. The third kappa shape index (κ3) is 2.88. The Kier molecular flexibility index (Phi) is 4.10. The Bertz CT molecular complexity index is 640. The molecule has 0 bridgehead atoms. The molecule has 5 heteroatoms. The lowest BCUT2D eigenvalue weighted by atomic mass is 9.97. The molecule has 112 valence electrons. The minimum absolute atomic E-state index is 0.213. The Balaban J connectivity index is 2.01. The second-order valence-corrected chi connectivity index (χ2v) is 6.35. The summed E-state index contributed by atoms with van der Waals surface area (Å²) in [5.41, 5.74) is 2.46. The van der Waals surface area contributed by atoms with Gasteiger partial charge in [-0.25, -0.2) is 4.79 Å². The normalized spacial score (nSPS) is 15.5. The molecule has 1 N–H and O–H groups in total. The number of H-pyrrole nitrogens is 1. The van der Waals surface area contributed by atoms with E-state index < -0.39 is 0 Å². The molecule has 2 aromatic rings. The molecular formula is C16H18FNO2S. The van der Waals surface area contributed by atoms with E-state index >= 15 is 0 Å². The molecule has 0 spiro atoms. The molecule has 1 saturated carbocycles. The largest absolute Gasteiger partial charge is 0.461 e. The summed E-state index contributed by atoms with van der Waals surface area (Å²) in [6.07, 6.45) is 4.67. The van der Waals surface area contributed by atoms with E-state index in [2.05, 4.69) is 4.98 Å². The molecule has 21 heavy (non-hydrogen) atoms. The summed E-state index contributed by atoms with van der Waals surface area (Å²) in [6, 6.07) is 5.11. The van der Waals surface area contributed by atoms with E-state index in [1.807, 2.05) is 6.07 Å². The number of aromatic amines is 1. The van der Waals surface area contributed by atoms with Crippen LogP contribution < -0.4 is 0 Å². The summed E-state index contributed by atoms with van der Waals surface area (Å²) < 4.78 is 18.4. The summed E-state index contributed by atoms with van der Waals surface area (Å²) in [7, 11) is 0. The zero-order valence-electron chi connectivity index (χ0n) is 11.9. The zero-order valence-corrected chi connectivity index (χ0v) is 12.8. The monoisotopic (exact) mass is 307 g/mol. The van der Waals surface area contributed by atoms with Gasteiger partial charge in [-0.2, -0.15) is 4.39 Å². The van der Waals surface area contributed by atoms with Gasteiger partial charge >= 0.3 is 5.97 Å². The molecule has 0 amide bonds. The zero-order chi connectivity index (χ0) is 14.8. The van der Waals surface area contributed by atoms with Gasteiger partial charge in [-0.05, 0) is 49.4 Å². The molecule has 1 aliphatic rings. The molecule has 3 rings (SSSR count). The van der Waals surface area contributed by atoms with Crippen LogP contribution in [0.1, 0.15) is 54.6 Å². The van der Waals surface area contributed by atoms with Crippen LogP contribution in [0.3, 0.4) is 0 Å². The van der Waals surface area contributed by atoms with Crippen molar-refractivity contribution < 1.29 is 13.9 Å². The van der Waals surface area contributed by atoms with Crippen LogP contribution in [0.5, 0.6) is 0 Å². The second kappa shape index (κ2) is 6.02. The summed E-state index contributed by atoms with van der Waals surface area (Å²) in [5, 5.41) is -0.213. The quantitative estimate of drug-likeness (QED) is 0.831. The SMILES string of the molecule is CCOC(=O)c1cc(C2CCCC2)c(-c2ccc(F)s2)[nH]1. The van der Waals surface area contributed by atoms with Crippen LogP contribution in [-0.2, 0) is 4.74 Å². The number of ether oxygens (including phenoxy) is 1. The maximum Gasteiger partial charge on any atom is 0.354 e. The lowest BCUT2D eigenvalue weighted by Crippen LogP contribution is -2.04. The standard InChI is InChI=1S/C16H18FNO2S/c1-2-20-16(19)12-9-11(10-5-3-4-6-10)15(18-12)13-7-8-14(17)21-13/h7-10,18H,2-6H2,1H3. The summed E-state index contributed by atoms with van der Waals surface area (Å²) in [6.45, 7) is 2.13. The second-order valence-electron chi connectivity index (χ2n) is 5.32. The van der Waals surface area contributed by atoms with E-state index in [9.17, 15) is 9.18 Å². The third-order valence-electron chi connectivity index (χ3n) is 3.96. The van der Waals surface area contributed by atoms with Gasteiger partial charge < -0.3 is 9.72 Å². The fourth-order valence-corrected chi connectivity index (χ4v) is 3.75. The van der Waals surface area contributed by atoms with Crippen molar-refractivity contribution in [3.8, 4) is 10.6 Å². The maximum atomic E-state index is 13.3. The minimum atomic E-state index is -0.347. The minimum Gasteiger partial charge on any atom is -0.461 e. The van der Waals surface area contributed by atoms with Gasteiger partial charge in [0.25, 0.3) is 0 Å². The van der Waals surface area contributed by atoms with Crippen molar-refractivity contribution in [1.29, 1.82) is 0 Å². The van der Waals surface area contributed by atoms with Crippen LogP contribution in [0.15, 0.2) is 18.2 Å². The number of hydrogen-bond donors (Lipinski definition) is 1. The highest BCUT2D eigenvalue weighted by molar-refractivity contribution is 7.13. The Morgan fingerprint density at radius 1 is 1.43 bits per heavy atom. The van der Waals surface area contributed by atoms with Crippen molar-refractivity contribution in [3.05, 3.63) is 34.6 Å². The van der Waals surface area contributed by atoms with Crippen LogP contribution in [0.4, 0.5) is 4.39 Å². The van der Waals surface area contributed by atoms with Crippen LogP contribution in [0.2, 0.25) is 0 Å². The molecule has 2 aromatic heterocycles. The van der Waals surface area contributed by atoms with Gasteiger partial charge in [0.1, 0.15) is 5.69 Å². The Labute approximate surface area is 127 Å². The molecule has 0 aromatic carbocycles. The van der Waals surface area contributed by atoms with Gasteiger partial charge in [-0.1, -0.05) is 12.8 Å². The number of hydrogen-bond acceptors (Lipinski definition) is 3. The highest BCUT2D eigenvalue weighted by Gasteiger charge is 2.25. The Morgan fingerprint density at radius 2 is 2.19 bits per heavy atom. The van der Waals surface area contributed by atoms with Crippen molar-refractivity contribution in [2.24, 2.45) is 0 Å². The summed E-state index contributed by atoms with van der Waals surface area (Å²) in [4.78, 5) is 15.9. The van der Waals surface area contributed by atoms with E-state index in [-0.39, 0.29) is 11.1 Å². The number of nitrogens with one attached hydrogen (secondary N) is 1. The highest BCUT2D eigenvalue weighted by Crippen LogP contribution is 2.41. The van der Waals surface area contributed by atoms with Crippen LogP contribution >= 0.6 is 11.3 Å². The molecule has 1 aliphatic carbocycles. The predicted molar refractivity (Wildman–Crippen MR) is 81.2 cm³/mol. The molecule has 0 saturated heterocycles. The average Bonchev–Trinajstić information content (AvgIpc) is 3.18. The van der Waals surface area contributed by atoms with Crippen molar-refractivity contribution >= 4 is 17.3 Å². The van der Waals surface area contributed by atoms with Gasteiger partial charge in [-0.15, -0.1) is 11.3 Å². The molecule has 3 nitrogen and oxygen atoms in total. The fourth-order valence-electron chi connectivity index (χ4n) is 3.00. The maximum absolute atomic E-state index is 13.3. The molecule has 0 aliphatic heterocycles. The molecule has 2 heterocycles. The van der Waals surface area contributed by atoms with Gasteiger partial charge in [0, 0.05) is 0 Å². The van der Waals surface area contributed by atoms with E-state index in [0.717, 1.165) is 40.3 Å². The first-order valence-corrected chi connectivity index (χ1v) is 8.16. The first kappa shape index (κ1) is 14.3. The van der Waals surface area contributed by atoms with Crippen LogP contribution in [-0.4, -0.2) is 17.6 Å². The third-order valence-corrected chi connectivity index (χ3v) is 4.85. The topological polar surface area (TPSA) is 42.1 Å². The molecule has 0 radical (unpaired) electrons. The summed E-state index contributed by atoms with van der Waals surface area (Å²) >= 11 is 1.10. The molecule has 0 unspecified atom stereocenters. The molecular weight excluding hydrogens is 289 g/mol. The number of aromatic nitrogens is 1. The Morgan fingerprint density at radius 3 is 2.81 bits per heavy atom. The number of rotatable bonds is 4. The average molecular weight is 307 g/mol. The van der Waals surface area contributed by atoms with Gasteiger partial charge in [0.05, 0.1) is 17.2 Å². The summed E-state index contributed by atoms with van der Waals surface area (Å²) in [5.74, 6) is 0.101. The lowest BCUT2D eigenvalue weighted by Gasteiger charge is -2.09. The van der Waals surface area contributed by atoms with E-state index in [0.29, 0.717) is 18.2 Å². The van der Waals surface area contributed by atoms with Gasteiger partial charge in [0.15, 0.2) is 5.13 Å². The van der Waals surface area contributed by atoms with Gasteiger partial charge in [0.2, 0.25) is 0 Å².